The SMILES string of the molecule is COc1cc2c(cc1C(=O)Nc1cccc(-c3nnnn3[C@H](C)CO[Si](C)(C)C(C)(C)C)n1)CN(C(=O)n1ccnc1)CC2. The van der Waals surface area contributed by atoms with Gasteiger partial charge in [0.2, 0.25) is 5.82 Å². The summed E-state index contributed by atoms with van der Waals surface area (Å²) in [5, 5.41) is 15.3. The predicted molar refractivity (Wildman–Crippen MR) is 167 cm³/mol. The first-order valence-electron chi connectivity index (χ1n) is 14.6. The van der Waals surface area contributed by atoms with Crippen molar-refractivity contribution in [2.24, 2.45) is 0 Å². The lowest BCUT2D eigenvalue weighted by Crippen LogP contribution is -2.42. The van der Waals surface area contributed by atoms with Crippen molar-refractivity contribution in [3.05, 3.63) is 65.7 Å². The Morgan fingerprint density at radius 2 is 1.95 bits per heavy atom. The Bertz CT molecular complexity index is 1650. The first kappa shape index (κ1) is 31.0. The molecular formula is C30H39N9O4Si. The van der Waals surface area contributed by atoms with Crippen LogP contribution in [0.1, 0.15) is 55.2 Å². The Hall–Kier alpha value is -4.43. The third-order valence-corrected chi connectivity index (χ3v) is 12.9. The van der Waals surface area contributed by atoms with Crippen LogP contribution in [0, 0.1) is 0 Å². The number of aromatic nitrogens is 7. The summed E-state index contributed by atoms with van der Waals surface area (Å²) < 4.78 is 15.1. The van der Waals surface area contributed by atoms with Gasteiger partial charge in [0.05, 0.1) is 25.3 Å². The molecule has 44 heavy (non-hydrogen) atoms. The number of imidazole rings is 1. The van der Waals surface area contributed by atoms with Crippen LogP contribution in [0.25, 0.3) is 11.5 Å². The van der Waals surface area contributed by atoms with Gasteiger partial charge in [0, 0.05) is 25.5 Å². The second kappa shape index (κ2) is 12.3. The Morgan fingerprint density at radius 1 is 1.16 bits per heavy atom. The zero-order chi connectivity index (χ0) is 31.6. The van der Waals surface area contributed by atoms with Crippen LogP contribution in [0.2, 0.25) is 18.1 Å². The van der Waals surface area contributed by atoms with Crippen molar-refractivity contribution >= 4 is 26.1 Å². The second-order valence-electron chi connectivity index (χ2n) is 12.5. The molecular weight excluding hydrogens is 578 g/mol. The van der Waals surface area contributed by atoms with Gasteiger partial charge >= 0.3 is 6.03 Å². The quantitative estimate of drug-likeness (QED) is 0.276. The van der Waals surface area contributed by atoms with Crippen LogP contribution in [0.5, 0.6) is 5.75 Å². The van der Waals surface area contributed by atoms with Gasteiger partial charge in [-0.05, 0) is 77.3 Å². The van der Waals surface area contributed by atoms with Crippen LogP contribution >= 0.6 is 0 Å². The van der Waals surface area contributed by atoms with Gasteiger partial charge in [-0.3, -0.25) is 9.36 Å². The molecule has 14 heteroatoms. The molecule has 232 valence electrons. The number of anilines is 1. The fraction of sp³-hybridized carbons (Fsp3) is 0.433. The van der Waals surface area contributed by atoms with E-state index in [-0.39, 0.29) is 23.0 Å². The van der Waals surface area contributed by atoms with Crippen molar-refractivity contribution in [2.75, 3.05) is 25.6 Å². The molecule has 3 aromatic heterocycles. The molecule has 1 aliphatic heterocycles. The zero-order valence-corrected chi connectivity index (χ0v) is 27.2. The number of pyridine rings is 1. The van der Waals surface area contributed by atoms with E-state index in [1.807, 2.05) is 13.0 Å². The maximum atomic E-state index is 13.5. The van der Waals surface area contributed by atoms with Gasteiger partial charge < -0.3 is 19.4 Å². The van der Waals surface area contributed by atoms with E-state index >= 15 is 0 Å². The largest absolute Gasteiger partial charge is 0.496 e. The number of rotatable bonds is 8. The van der Waals surface area contributed by atoms with Crippen molar-refractivity contribution in [3.63, 3.8) is 0 Å². The number of carbonyl (C=O) groups excluding carboxylic acids is 2. The van der Waals surface area contributed by atoms with Crippen LogP contribution in [-0.4, -0.2) is 80.2 Å². The summed E-state index contributed by atoms with van der Waals surface area (Å²) in [7, 11) is -0.422. The van der Waals surface area contributed by atoms with Gasteiger partial charge in [0.15, 0.2) is 8.32 Å². The lowest BCUT2D eigenvalue weighted by molar-refractivity contribution is 0.102. The number of fused-ring (bicyclic) bond motifs is 1. The van der Waals surface area contributed by atoms with E-state index in [9.17, 15) is 9.59 Å². The molecule has 0 unspecified atom stereocenters. The first-order chi connectivity index (χ1) is 20.9. The molecule has 1 N–H and O–H groups in total. The minimum atomic E-state index is -1.95. The summed E-state index contributed by atoms with van der Waals surface area (Å²) >= 11 is 0. The van der Waals surface area contributed by atoms with E-state index in [2.05, 4.69) is 64.7 Å². The van der Waals surface area contributed by atoms with Crippen molar-refractivity contribution in [1.82, 2.24) is 39.6 Å². The van der Waals surface area contributed by atoms with Gasteiger partial charge in [-0.2, -0.15) is 0 Å². The highest BCUT2D eigenvalue weighted by Gasteiger charge is 2.37. The maximum Gasteiger partial charge on any atom is 0.329 e. The summed E-state index contributed by atoms with van der Waals surface area (Å²) in [4.78, 5) is 36.8. The molecule has 1 atom stereocenters. The van der Waals surface area contributed by atoms with Crippen molar-refractivity contribution in [1.29, 1.82) is 0 Å². The van der Waals surface area contributed by atoms with Crippen LogP contribution in [0.3, 0.4) is 0 Å². The van der Waals surface area contributed by atoms with Gasteiger partial charge in [-0.25, -0.2) is 19.4 Å². The Kier molecular flexibility index (Phi) is 8.66. The number of carbonyl (C=O) groups is 2. The average molecular weight is 618 g/mol. The average Bonchev–Trinajstić information content (AvgIpc) is 3.71. The third-order valence-electron chi connectivity index (χ3n) is 8.40. The second-order valence-corrected chi connectivity index (χ2v) is 17.3. The number of tetrazole rings is 1. The lowest BCUT2D eigenvalue weighted by atomic mass is 9.96. The summed E-state index contributed by atoms with van der Waals surface area (Å²) in [6.45, 7) is 14.4. The Morgan fingerprint density at radius 3 is 2.66 bits per heavy atom. The van der Waals surface area contributed by atoms with Crippen molar-refractivity contribution in [3.8, 4) is 17.3 Å². The number of hydrogen-bond acceptors (Lipinski definition) is 9. The molecule has 2 amide bonds. The number of nitrogens with zero attached hydrogens (tertiary/aromatic N) is 8. The molecule has 0 bridgehead atoms. The van der Waals surface area contributed by atoms with Crippen LogP contribution in [0.4, 0.5) is 10.6 Å². The molecule has 0 spiro atoms. The van der Waals surface area contributed by atoms with Crippen LogP contribution in [-0.2, 0) is 17.4 Å². The molecule has 13 nitrogen and oxygen atoms in total. The van der Waals surface area contributed by atoms with Crippen molar-refractivity contribution in [2.45, 2.75) is 64.8 Å². The van der Waals surface area contributed by atoms with E-state index in [0.717, 1.165) is 11.1 Å². The number of ether oxygens (including phenoxy) is 1. The normalized spacial score (nSPS) is 14.2. The molecule has 0 fully saturated rings. The standard InChI is InChI=1S/C30H39N9O4Si/c1-20(18-43-44(6,7)30(2,3)4)39-27(34-35-36-39)24-9-8-10-26(32-24)33-28(40)23-15-22-17-37(29(41)38-14-12-31-19-38)13-11-21(22)16-25(23)42-5/h8-10,12,14-16,19-20H,11,13,17-18H2,1-7H3,(H,32,33,40)/t20-/m1/s1. The minimum absolute atomic E-state index is 0.0856. The number of methoxy groups -OCH3 is 1. The monoisotopic (exact) mass is 617 g/mol. The highest BCUT2D eigenvalue weighted by Crippen LogP contribution is 2.37. The fourth-order valence-electron chi connectivity index (χ4n) is 4.72. The third kappa shape index (κ3) is 6.40. The van der Waals surface area contributed by atoms with Crippen LogP contribution < -0.4 is 10.1 Å². The number of nitrogens with one attached hydrogen (secondary N) is 1. The highest BCUT2D eigenvalue weighted by molar-refractivity contribution is 6.74. The molecule has 0 saturated carbocycles. The Labute approximate surface area is 257 Å². The first-order valence-corrected chi connectivity index (χ1v) is 17.5. The van der Waals surface area contributed by atoms with E-state index < -0.39 is 8.32 Å². The molecule has 4 aromatic rings. The molecule has 0 radical (unpaired) electrons. The van der Waals surface area contributed by atoms with Crippen molar-refractivity contribution < 1.29 is 18.8 Å². The number of amides is 2. The topological polar surface area (TPSA) is 142 Å². The van der Waals surface area contributed by atoms with Gasteiger partial charge in [0.25, 0.3) is 5.91 Å². The predicted octanol–water partition coefficient (Wildman–Crippen LogP) is 4.80. The smallest absolute Gasteiger partial charge is 0.329 e. The molecule has 0 aliphatic carbocycles. The summed E-state index contributed by atoms with van der Waals surface area (Å²) in [5.41, 5.74) is 2.77. The summed E-state index contributed by atoms with van der Waals surface area (Å²) in [5.74, 6) is 0.875. The van der Waals surface area contributed by atoms with Gasteiger partial charge in [-0.1, -0.05) is 26.8 Å². The van der Waals surface area contributed by atoms with Gasteiger partial charge in [-0.15, -0.1) is 5.10 Å². The molecule has 5 rings (SSSR count). The Balaban J connectivity index is 1.33. The minimum Gasteiger partial charge on any atom is -0.496 e. The lowest BCUT2D eigenvalue weighted by Gasteiger charge is -2.36. The number of hydrogen-bond donors (Lipinski definition) is 1. The van der Waals surface area contributed by atoms with E-state index in [1.54, 1.807) is 46.2 Å². The van der Waals surface area contributed by atoms with E-state index in [1.165, 1.54) is 18.0 Å². The van der Waals surface area contributed by atoms with Crippen LogP contribution in [0.15, 0.2) is 49.1 Å². The maximum absolute atomic E-state index is 13.5. The molecule has 4 heterocycles. The molecule has 1 aliphatic rings. The van der Waals surface area contributed by atoms with E-state index in [4.69, 9.17) is 9.16 Å². The highest BCUT2D eigenvalue weighted by atomic mass is 28.4. The summed E-state index contributed by atoms with van der Waals surface area (Å²) in [6, 6.07) is 8.64. The molecule has 0 saturated heterocycles. The zero-order valence-electron chi connectivity index (χ0n) is 26.2. The van der Waals surface area contributed by atoms with E-state index in [0.29, 0.717) is 54.8 Å². The van der Waals surface area contributed by atoms with Gasteiger partial charge in [0.1, 0.15) is 23.6 Å². The summed E-state index contributed by atoms with van der Waals surface area (Å²) in [6.07, 6.45) is 5.31. The fourth-order valence-corrected chi connectivity index (χ4v) is 5.81. The number of benzene rings is 1. The molecule has 1 aromatic carbocycles.